The zero-order valence-electron chi connectivity index (χ0n) is 16.6. The Balaban J connectivity index is 1.80. The summed E-state index contributed by atoms with van der Waals surface area (Å²) in [5.74, 6) is 3.24. The topological polar surface area (TPSA) is 85.6 Å². The van der Waals surface area contributed by atoms with Crippen molar-refractivity contribution in [1.29, 1.82) is 0 Å². The Morgan fingerprint density at radius 2 is 2.27 bits per heavy atom. The maximum absolute atomic E-state index is 5.61. The van der Waals surface area contributed by atoms with Crippen LogP contribution in [0.15, 0.2) is 4.99 Å². The molecule has 0 amide bonds. The second-order valence-corrected chi connectivity index (χ2v) is 7.02. The van der Waals surface area contributed by atoms with Gasteiger partial charge in [0.2, 0.25) is 0 Å². The summed E-state index contributed by atoms with van der Waals surface area (Å²) in [7, 11) is 1.66. The van der Waals surface area contributed by atoms with Gasteiger partial charge in [0.1, 0.15) is 12.4 Å². The maximum Gasteiger partial charge on any atom is 0.191 e. The van der Waals surface area contributed by atoms with Crippen LogP contribution in [0.2, 0.25) is 0 Å². The van der Waals surface area contributed by atoms with Gasteiger partial charge in [-0.25, -0.2) is 9.67 Å². The van der Waals surface area contributed by atoms with Crippen molar-refractivity contribution in [1.82, 2.24) is 25.4 Å². The van der Waals surface area contributed by atoms with E-state index in [1.54, 1.807) is 7.11 Å². The van der Waals surface area contributed by atoms with Crippen molar-refractivity contribution in [2.45, 2.75) is 59.2 Å². The van der Waals surface area contributed by atoms with E-state index < -0.39 is 0 Å². The number of guanidine groups is 1. The Morgan fingerprint density at radius 1 is 1.42 bits per heavy atom. The first-order chi connectivity index (χ1) is 12.6. The summed E-state index contributed by atoms with van der Waals surface area (Å²) < 4.78 is 12.7. The van der Waals surface area contributed by atoms with Gasteiger partial charge < -0.3 is 20.1 Å². The molecule has 2 N–H and O–H groups in total. The van der Waals surface area contributed by atoms with E-state index in [0.717, 1.165) is 69.7 Å². The van der Waals surface area contributed by atoms with E-state index in [0.29, 0.717) is 18.6 Å². The molecule has 0 saturated heterocycles. The highest BCUT2D eigenvalue weighted by Gasteiger charge is 2.22. The summed E-state index contributed by atoms with van der Waals surface area (Å²) in [5.41, 5.74) is 0. The molecule has 148 valence electrons. The van der Waals surface area contributed by atoms with E-state index in [1.165, 1.54) is 0 Å². The molecule has 2 rings (SSSR count). The number of nitrogens with zero attached hydrogens (tertiary/aromatic N) is 4. The number of rotatable bonds is 10. The summed E-state index contributed by atoms with van der Waals surface area (Å²) in [6, 6.07) is 0.301. The van der Waals surface area contributed by atoms with Crippen LogP contribution in [0.4, 0.5) is 0 Å². The van der Waals surface area contributed by atoms with E-state index in [4.69, 9.17) is 9.47 Å². The van der Waals surface area contributed by atoms with Gasteiger partial charge in [-0.05, 0) is 25.7 Å². The first-order valence-electron chi connectivity index (χ1n) is 9.66. The van der Waals surface area contributed by atoms with Crippen molar-refractivity contribution in [3.05, 3.63) is 11.6 Å². The molecule has 1 aromatic heterocycles. The van der Waals surface area contributed by atoms with Gasteiger partial charge in [0, 0.05) is 45.9 Å². The SMILES string of the molecule is CCNC(=NCCCOCC(C)C)NC1CCc2nc(COC)nn2C1. The lowest BCUT2D eigenvalue weighted by Gasteiger charge is -2.25. The molecular weight excluding hydrogens is 332 g/mol. The van der Waals surface area contributed by atoms with Crippen molar-refractivity contribution in [3.8, 4) is 0 Å². The lowest BCUT2D eigenvalue weighted by molar-refractivity contribution is 0.109. The predicted molar refractivity (Wildman–Crippen MR) is 102 cm³/mol. The quantitative estimate of drug-likeness (QED) is 0.369. The molecule has 1 unspecified atom stereocenters. The number of aryl methyl sites for hydroxylation is 1. The summed E-state index contributed by atoms with van der Waals surface area (Å²) >= 11 is 0. The van der Waals surface area contributed by atoms with E-state index in [1.807, 2.05) is 4.68 Å². The van der Waals surface area contributed by atoms with Gasteiger partial charge in [-0.15, -0.1) is 0 Å². The van der Waals surface area contributed by atoms with Crippen LogP contribution in [0.3, 0.4) is 0 Å². The molecule has 0 radical (unpaired) electrons. The highest BCUT2D eigenvalue weighted by atomic mass is 16.5. The monoisotopic (exact) mass is 366 g/mol. The molecule has 8 heteroatoms. The largest absolute Gasteiger partial charge is 0.381 e. The lowest BCUT2D eigenvalue weighted by atomic mass is 10.1. The van der Waals surface area contributed by atoms with Crippen LogP contribution in [-0.4, -0.2) is 60.2 Å². The maximum atomic E-state index is 5.61. The third-order valence-corrected chi connectivity index (χ3v) is 4.03. The normalized spacial score (nSPS) is 17.4. The van der Waals surface area contributed by atoms with Crippen LogP contribution in [0.5, 0.6) is 0 Å². The van der Waals surface area contributed by atoms with Crippen LogP contribution in [0, 0.1) is 5.92 Å². The van der Waals surface area contributed by atoms with Crippen molar-refractivity contribution >= 4 is 5.96 Å². The summed E-state index contributed by atoms with van der Waals surface area (Å²) in [4.78, 5) is 9.18. The minimum atomic E-state index is 0.301. The second kappa shape index (κ2) is 11.1. The zero-order valence-corrected chi connectivity index (χ0v) is 16.6. The van der Waals surface area contributed by atoms with Gasteiger partial charge in [-0.3, -0.25) is 4.99 Å². The molecule has 1 aliphatic heterocycles. The standard InChI is InChI=1S/C18H34N6O2/c1-5-19-18(20-9-6-10-26-12-14(2)3)21-15-7-8-17-22-16(13-25-4)23-24(17)11-15/h14-15H,5-13H2,1-4H3,(H2,19,20,21). The third kappa shape index (κ3) is 6.92. The van der Waals surface area contributed by atoms with E-state index in [-0.39, 0.29) is 0 Å². The van der Waals surface area contributed by atoms with Crippen molar-refractivity contribution in [2.24, 2.45) is 10.9 Å². The molecule has 0 fully saturated rings. The Morgan fingerprint density at radius 3 is 3.00 bits per heavy atom. The Bertz CT molecular complexity index is 558. The Labute approximate surface area is 156 Å². The Kier molecular flexibility index (Phi) is 8.84. The number of ether oxygens (including phenoxy) is 2. The number of hydrogen-bond acceptors (Lipinski definition) is 5. The summed E-state index contributed by atoms with van der Waals surface area (Å²) in [5, 5.41) is 11.4. The van der Waals surface area contributed by atoms with Gasteiger partial charge in [-0.2, -0.15) is 5.10 Å². The van der Waals surface area contributed by atoms with Gasteiger partial charge >= 0.3 is 0 Å². The van der Waals surface area contributed by atoms with Crippen LogP contribution in [0.25, 0.3) is 0 Å². The van der Waals surface area contributed by atoms with E-state index in [2.05, 4.69) is 46.5 Å². The number of nitrogens with one attached hydrogen (secondary N) is 2. The number of hydrogen-bond donors (Lipinski definition) is 2. The summed E-state index contributed by atoms with van der Waals surface area (Å²) in [6.45, 7) is 10.8. The van der Waals surface area contributed by atoms with E-state index in [9.17, 15) is 0 Å². The Hall–Kier alpha value is -1.67. The lowest BCUT2D eigenvalue weighted by Crippen LogP contribution is -2.47. The van der Waals surface area contributed by atoms with Gasteiger partial charge in [0.15, 0.2) is 11.8 Å². The first-order valence-corrected chi connectivity index (χ1v) is 9.66. The molecule has 0 aromatic carbocycles. The minimum Gasteiger partial charge on any atom is -0.381 e. The molecule has 0 saturated carbocycles. The molecule has 1 aromatic rings. The molecule has 26 heavy (non-hydrogen) atoms. The van der Waals surface area contributed by atoms with Gasteiger partial charge in [-0.1, -0.05) is 13.8 Å². The molecule has 0 spiro atoms. The molecular formula is C18H34N6O2. The highest BCUT2D eigenvalue weighted by molar-refractivity contribution is 5.80. The second-order valence-electron chi connectivity index (χ2n) is 7.02. The van der Waals surface area contributed by atoms with Crippen LogP contribution in [-0.2, 0) is 29.0 Å². The smallest absolute Gasteiger partial charge is 0.191 e. The molecule has 8 nitrogen and oxygen atoms in total. The van der Waals surface area contributed by atoms with Crippen molar-refractivity contribution in [2.75, 3.05) is 33.4 Å². The van der Waals surface area contributed by atoms with Crippen LogP contribution < -0.4 is 10.6 Å². The third-order valence-electron chi connectivity index (χ3n) is 4.03. The van der Waals surface area contributed by atoms with Gasteiger partial charge in [0.05, 0.1) is 6.54 Å². The van der Waals surface area contributed by atoms with Crippen molar-refractivity contribution in [3.63, 3.8) is 0 Å². The number of fused-ring (bicyclic) bond motifs is 1. The fourth-order valence-corrected chi connectivity index (χ4v) is 2.86. The fraction of sp³-hybridized carbons (Fsp3) is 0.833. The first kappa shape index (κ1) is 20.6. The molecule has 0 bridgehead atoms. The highest BCUT2D eigenvalue weighted by Crippen LogP contribution is 2.13. The van der Waals surface area contributed by atoms with Gasteiger partial charge in [0.25, 0.3) is 0 Å². The van der Waals surface area contributed by atoms with Crippen LogP contribution in [0.1, 0.15) is 45.3 Å². The average Bonchev–Trinajstić information content (AvgIpc) is 2.99. The number of methoxy groups -OCH3 is 1. The summed E-state index contributed by atoms with van der Waals surface area (Å²) in [6.07, 6.45) is 2.87. The molecule has 1 aliphatic rings. The molecule has 2 heterocycles. The predicted octanol–water partition coefficient (Wildman–Crippen LogP) is 1.36. The van der Waals surface area contributed by atoms with E-state index >= 15 is 0 Å². The molecule has 0 aliphatic carbocycles. The molecule has 1 atom stereocenters. The minimum absolute atomic E-state index is 0.301. The average molecular weight is 367 g/mol. The van der Waals surface area contributed by atoms with Crippen molar-refractivity contribution < 1.29 is 9.47 Å². The van der Waals surface area contributed by atoms with Crippen LogP contribution >= 0.6 is 0 Å². The number of aliphatic imine (C=N–C) groups is 1. The fourth-order valence-electron chi connectivity index (χ4n) is 2.86. The number of aromatic nitrogens is 3. The zero-order chi connectivity index (χ0) is 18.8.